The van der Waals surface area contributed by atoms with Crippen LogP contribution in [0.5, 0.6) is 0 Å². The van der Waals surface area contributed by atoms with Crippen molar-refractivity contribution in [2.45, 2.75) is 39.4 Å². The molecule has 0 bridgehead atoms. The fourth-order valence-electron chi connectivity index (χ4n) is 1.76. The molecule has 98 valence electrons. The van der Waals surface area contributed by atoms with E-state index in [0.717, 1.165) is 30.1 Å². The van der Waals surface area contributed by atoms with Crippen LogP contribution >= 0.6 is 24.8 Å². The van der Waals surface area contributed by atoms with Crippen LogP contribution in [0.15, 0.2) is 11.4 Å². The van der Waals surface area contributed by atoms with Gasteiger partial charge in [-0.2, -0.15) is 12.6 Å². The maximum atomic E-state index is 5.36. The zero-order valence-corrected chi connectivity index (χ0v) is 13.2. The lowest BCUT2D eigenvalue weighted by molar-refractivity contribution is 0.370. The lowest BCUT2D eigenvalue weighted by Gasteiger charge is -2.38. The van der Waals surface area contributed by atoms with Gasteiger partial charge in [0.25, 0.3) is 0 Å². The van der Waals surface area contributed by atoms with Gasteiger partial charge in [0.15, 0.2) is 0 Å². The second-order valence-electron chi connectivity index (χ2n) is 5.78. The average Bonchev–Trinajstić information content (AvgIpc) is 2.25. The minimum Gasteiger partial charge on any atom is -0.383 e. The number of thiocarbonyl (C=S) groups is 1. The number of allylic oxidation sites excluding steroid dienone is 1. The van der Waals surface area contributed by atoms with Gasteiger partial charge in [-0.3, -0.25) is 0 Å². The predicted molar refractivity (Wildman–Crippen MR) is 82.8 cm³/mol. The number of hydrogen-bond donors (Lipinski definition) is 2. The van der Waals surface area contributed by atoms with Gasteiger partial charge < -0.3 is 10.2 Å². The fraction of sp³-hybridized carbons (Fsp3) is 0.769. The minimum atomic E-state index is 0.132. The molecule has 0 aromatic heterocycles. The van der Waals surface area contributed by atoms with Crippen LogP contribution in [0.2, 0.25) is 0 Å². The molecule has 0 saturated heterocycles. The summed E-state index contributed by atoms with van der Waals surface area (Å²) in [5.74, 6) is 0. The van der Waals surface area contributed by atoms with Crippen LogP contribution in [0.1, 0.15) is 34.1 Å². The van der Waals surface area contributed by atoms with Crippen LogP contribution < -0.4 is 5.32 Å². The summed E-state index contributed by atoms with van der Waals surface area (Å²) in [4.78, 5) is 3.17. The van der Waals surface area contributed by atoms with E-state index >= 15 is 0 Å². The van der Waals surface area contributed by atoms with E-state index in [9.17, 15) is 0 Å². The lowest BCUT2D eigenvalue weighted by Crippen LogP contribution is -2.45. The third-order valence-corrected chi connectivity index (χ3v) is 4.19. The average molecular weight is 272 g/mol. The van der Waals surface area contributed by atoms with E-state index in [4.69, 9.17) is 12.2 Å². The number of nitrogens with zero attached hydrogens (tertiary/aromatic N) is 1. The van der Waals surface area contributed by atoms with Gasteiger partial charge in [0.2, 0.25) is 0 Å². The Hall–Kier alpha value is -0.220. The summed E-state index contributed by atoms with van der Waals surface area (Å²) in [7, 11) is 2.09. The van der Waals surface area contributed by atoms with Crippen molar-refractivity contribution in [2.24, 2.45) is 5.41 Å². The first kappa shape index (κ1) is 14.8. The highest BCUT2D eigenvalue weighted by Crippen LogP contribution is 2.31. The molecule has 0 radical (unpaired) electrons. The molecule has 0 aliphatic heterocycles. The van der Waals surface area contributed by atoms with Crippen molar-refractivity contribution < 1.29 is 0 Å². The molecular formula is C13H24N2S2. The molecular weight excluding hydrogens is 248 g/mol. The molecule has 1 unspecified atom stereocenters. The van der Waals surface area contributed by atoms with Gasteiger partial charge in [0.1, 0.15) is 0 Å². The van der Waals surface area contributed by atoms with Crippen molar-refractivity contribution in [3.05, 3.63) is 11.4 Å². The van der Waals surface area contributed by atoms with E-state index in [1.165, 1.54) is 5.70 Å². The highest BCUT2D eigenvalue weighted by Gasteiger charge is 2.34. The Morgan fingerprint density at radius 3 is 2.47 bits per heavy atom. The van der Waals surface area contributed by atoms with Crippen LogP contribution in [-0.4, -0.2) is 35.2 Å². The van der Waals surface area contributed by atoms with Gasteiger partial charge in [-0.05, 0) is 18.8 Å². The minimum absolute atomic E-state index is 0.132. The molecule has 1 aliphatic carbocycles. The van der Waals surface area contributed by atoms with Crippen molar-refractivity contribution in [3.63, 3.8) is 0 Å². The third kappa shape index (κ3) is 3.62. The van der Waals surface area contributed by atoms with E-state index < -0.39 is 0 Å². The molecule has 1 atom stereocenters. The smallest absolute Gasteiger partial charge is 0.0809 e. The molecule has 0 spiro atoms. The number of hydrogen-bond acceptors (Lipinski definition) is 4. The SMILES string of the molecule is CCN(C)C1=C(NCCC(C)(C)C)C(=S)C1S. The highest BCUT2D eigenvalue weighted by atomic mass is 32.1. The quantitative estimate of drug-likeness (QED) is 0.591. The van der Waals surface area contributed by atoms with Gasteiger partial charge in [-0.25, -0.2) is 0 Å². The van der Waals surface area contributed by atoms with E-state index in [0.29, 0.717) is 5.41 Å². The Morgan fingerprint density at radius 2 is 2.00 bits per heavy atom. The second kappa shape index (κ2) is 5.61. The highest BCUT2D eigenvalue weighted by molar-refractivity contribution is 7.87. The number of rotatable bonds is 5. The van der Waals surface area contributed by atoms with Crippen molar-refractivity contribution in [1.82, 2.24) is 10.2 Å². The first-order chi connectivity index (χ1) is 7.78. The predicted octanol–water partition coefficient (Wildman–Crippen LogP) is 2.86. The Balaban J connectivity index is 2.62. The van der Waals surface area contributed by atoms with Crippen LogP contribution in [0.25, 0.3) is 0 Å². The van der Waals surface area contributed by atoms with E-state index in [-0.39, 0.29) is 5.25 Å². The molecule has 1 N–H and O–H groups in total. The third-order valence-electron chi connectivity index (χ3n) is 3.07. The zero-order chi connectivity index (χ0) is 13.2. The summed E-state index contributed by atoms with van der Waals surface area (Å²) in [6.07, 6.45) is 1.14. The Kier molecular flexibility index (Phi) is 4.90. The largest absolute Gasteiger partial charge is 0.383 e. The first-order valence-electron chi connectivity index (χ1n) is 6.19. The standard InChI is InChI=1S/C13H24N2S2/c1-6-15(5)10-9(11(16)12(10)17)14-8-7-13(2,3)4/h12,14,17H,6-8H2,1-5H3. The molecule has 1 aliphatic rings. The van der Waals surface area contributed by atoms with Gasteiger partial charge >= 0.3 is 0 Å². The molecule has 2 nitrogen and oxygen atoms in total. The summed E-state index contributed by atoms with van der Waals surface area (Å²) in [6, 6.07) is 0. The van der Waals surface area contributed by atoms with E-state index in [1.807, 2.05) is 0 Å². The molecule has 0 fully saturated rings. The van der Waals surface area contributed by atoms with Gasteiger partial charge in [0, 0.05) is 20.1 Å². The van der Waals surface area contributed by atoms with Gasteiger partial charge in [0.05, 0.1) is 21.5 Å². The van der Waals surface area contributed by atoms with Crippen LogP contribution in [0, 0.1) is 5.41 Å². The summed E-state index contributed by atoms with van der Waals surface area (Å²) < 4.78 is 0. The van der Waals surface area contributed by atoms with E-state index in [2.05, 4.69) is 57.6 Å². The molecule has 0 aromatic carbocycles. The van der Waals surface area contributed by atoms with Crippen LogP contribution in [0.3, 0.4) is 0 Å². The van der Waals surface area contributed by atoms with Crippen molar-refractivity contribution in [1.29, 1.82) is 0 Å². The Labute approximate surface area is 116 Å². The summed E-state index contributed by atoms with van der Waals surface area (Å²) in [5, 5.41) is 3.60. The van der Waals surface area contributed by atoms with E-state index in [1.54, 1.807) is 0 Å². The van der Waals surface area contributed by atoms with Crippen molar-refractivity contribution in [3.8, 4) is 0 Å². The molecule has 0 amide bonds. The second-order valence-corrected chi connectivity index (χ2v) is 6.73. The summed E-state index contributed by atoms with van der Waals surface area (Å²) >= 11 is 9.88. The maximum absolute atomic E-state index is 5.36. The molecule has 0 aromatic rings. The molecule has 4 heteroatoms. The zero-order valence-electron chi connectivity index (χ0n) is 11.5. The summed E-state index contributed by atoms with van der Waals surface area (Å²) in [6.45, 7) is 10.9. The Bertz CT molecular complexity index is 329. The lowest BCUT2D eigenvalue weighted by atomic mass is 9.91. The maximum Gasteiger partial charge on any atom is 0.0809 e. The summed E-state index contributed by atoms with van der Waals surface area (Å²) in [5.41, 5.74) is 2.74. The van der Waals surface area contributed by atoms with Gasteiger partial charge in [-0.15, -0.1) is 0 Å². The topological polar surface area (TPSA) is 15.3 Å². The fourth-order valence-corrected chi connectivity index (χ4v) is 2.50. The first-order valence-corrected chi connectivity index (χ1v) is 7.12. The monoisotopic (exact) mass is 272 g/mol. The molecule has 1 rings (SSSR count). The van der Waals surface area contributed by atoms with Crippen molar-refractivity contribution in [2.75, 3.05) is 20.1 Å². The Morgan fingerprint density at radius 1 is 1.41 bits per heavy atom. The molecule has 0 heterocycles. The molecule has 17 heavy (non-hydrogen) atoms. The normalized spacial score (nSPS) is 20.4. The molecule has 0 saturated carbocycles. The number of thiol groups is 1. The van der Waals surface area contributed by atoms with Gasteiger partial charge in [-0.1, -0.05) is 33.0 Å². The van der Waals surface area contributed by atoms with Crippen LogP contribution in [0.4, 0.5) is 0 Å². The van der Waals surface area contributed by atoms with Crippen LogP contribution in [-0.2, 0) is 0 Å². The van der Waals surface area contributed by atoms with Crippen molar-refractivity contribution >= 4 is 29.7 Å². The number of nitrogens with one attached hydrogen (secondary N) is 1.